The quantitative estimate of drug-likeness (QED) is 0.698. The molecule has 70 valence electrons. The maximum atomic E-state index is 3.55. The van der Waals surface area contributed by atoms with Crippen molar-refractivity contribution >= 4 is 44.2 Å². The molecule has 1 heterocycles. The first kappa shape index (κ1) is 9.77. The lowest BCUT2D eigenvalue weighted by Crippen LogP contribution is -2.45. The van der Waals surface area contributed by atoms with Crippen molar-refractivity contribution in [2.75, 3.05) is 11.4 Å². The van der Waals surface area contributed by atoms with E-state index in [4.69, 9.17) is 0 Å². The number of hydrogen-bond donors (Lipinski definition) is 0. The minimum atomic E-state index is 0.715. The first-order valence-corrected chi connectivity index (χ1v) is 6.27. The number of rotatable bonds is 1. The summed E-state index contributed by atoms with van der Waals surface area (Å²) in [7, 11) is 0. The summed E-state index contributed by atoms with van der Waals surface area (Å²) in [5, 5.41) is 0. The standard InChI is InChI=1S/C10H11BrIN/c1-7-4-5-13(7)8-2-3-10(12)9(11)6-8/h2-3,6-7H,4-5H2,1H3. The maximum absolute atomic E-state index is 3.55. The Kier molecular flexibility index (Phi) is 2.83. The molecule has 0 radical (unpaired) electrons. The molecule has 1 fully saturated rings. The van der Waals surface area contributed by atoms with Crippen LogP contribution in [0.4, 0.5) is 5.69 Å². The zero-order chi connectivity index (χ0) is 9.42. The number of nitrogens with zero attached hydrogens (tertiary/aromatic N) is 1. The van der Waals surface area contributed by atoms with Gasteiger partial charge >= 0.3 is 0 Å². The fourth-order valence-corrected chi connectivity index (χ4v) is 2.27. The molecule has 1 aliphatic heterocycles. The van der Waals surface area contributed by atoms with Gasteiger partial charge in [0, 0.05) is 26.3 Å². The number of anilines is 1. The summed E-state index contributed by atoms with van der Waals surface area (Å²) in [6.07, 6.45) is 1.32. The van der Waals surface area contributed by atoms with E-state index in [1.165, 1.54) is 26.7 Å². The van der Waals surface area contributed by atoms with Gasteiger partial charge in [-0.3, -0.25) is 0 Å². The lowest BCUT2D eigenvalue weighted by atomic mass is 10.0. The maximum Gasteiger partial charge on any atom is 0.0380 e. The van der Waals surface area contributed by atoms with Crippen molar-refractivity contribution in [2.45, 2.75) is 19.4 Å². The number of hydrogen-bond acceptors (Lipinski definition) is 1. The molecule has 1 atom stereocenters. The van der Waals surface area contributed by atoms with Gasteiger partial charge in [-0.05, 0) is 70.1 Å². The van der Waals surface area contributed by atoms with Crippen LogP contribution < -0.4 is 4.90 Å². The third-order valence-electron chi connectivity index (χ3n) is 2.55. The molecule has 0 saturated carbocycles. The molecule has 1 aromatic rings. The summed E-state index contributed by atoms with van der Waals surface area (Å²) in [5.41, 5.74) is 1.34. The van der Waals surface area contributed by atoms with Crippen LogP contribution in [0.5, 0.6) is 0 Å². The summed E-state index contributed by atoms with van der Waals surface area (Å²) in [4.78, 5) is 2.43. The van der Waals surface area contributed by atoms with Crippen LogP contribution in [-0.2, 0) is 0 Å². The van der Waals surface area contributed by atoms with E-state index in [-0.39, 0.29) is 0 Å². The Balaban J connectivity index is 2.26. The summed E-state index contributed by atoms with van der Waals surface area (Å²) >= 11 is 5.89. The Morgan fingerprint density at radius 3 is 2.77 bits per heavy atom. The average molecular weight is 352 g/mol. The molecule has 1 aromatic carbocycles. The zero-order valence-corrected chi connectivity index (χ0v) is 11.2. The summed E-state index contributed by atoms with van der Waals surface area (Å²) in [6, 6.07) is 7.27. The lowest BCUT2D eigenvalue weighted by Gasteiger charge is -2.40. The normalized spacial score (nSPS) is 21.5. The van der Waals surface area contributed by atoms with Crippen LogP contribution in [0.1, 0.15) is 13.3 Å². The van der Waals surface area contributed by atoms with Crippen LogP contribution in [0.25, 0.3) is 0 Å². The molecule has 1 aliphatic rings. The second kappa shape index (κ2) is 3.77. The summed E-state index contributed by atoms with van der Waals surface area (Å²) < 4.78 is 2.47. The van der Waals surface area contributed by atoms with E-state index in [2.05, 4.69) is 68.5 Å². The van der Waals surface area contributed by atoms with Crippen molar-refractivity contribution in [3.8, 4) is 0 Å². The van der Waals surface area contributed by atoms with Gasteiger partial charge in [0.15, 0.2) is 0 Å². The number of halogens is 2. The van der Waals surface area contributed by atoms with Crippen molar-refractivity contribution in [1.82, 2.24) is 0 Å². The summed E-state index contributed by atoms with van der Waals surface area (Å²) in [6.45, 7) is 3.48. The highest BCUT2D eigenvalue weighted by Gasteiger charge is 2.23. The van der Waals surface area contributed by atoms with E-state index in [0.29, 0.717) is 6.04 Å². The van der Waals surface area contributed by atoms with Crippen LogP contribution in [0.15, 0.2) is 22.7 Å². The third kappa shape index (κ3) is 1.86. The Bertz CT molecular complexity index is 327. The minimum absolute atomic E-state index is 0.715. The van der Waals surface area contributed by atoms with Gasteiger partial charge in [-0.2, -0.15) is 0 Å². The predicted octanol–water partition coefficient (Wildman–Crippen LogP) is 3.65. The molecule has 0 aromatic heterocycles. The van der Waals surface area contributed by atoms with Gasteiger partial charge in [-0.15, -0.1) is 0 Å². The average Bonchev–Trinajstić information content (AvgIpc) is 2.09. The van der Waals surface area contributed by atoms with Crippen LogP contribution in [-0.4, -0.2) is 12.6 Å². The van der Waals surface area contributed by atoms with Gasteiger partial charge < -0.3 is 4.90 Å². The Labute approximate surface area is 101 Å². The summed E-state index contributed by atoms with van der Waals surface area (Å²) in [5.74, 6) is 0. The van der Waals surface area contributed by atoms with Crippen molar-refractivity contribution < 1.29 is 0 Å². The molecule has 13 heavy (non-hydrogen) atoms. The molecular weight excluding hydrogens is 341 g/mol. The van der Waals surface area contributed by atoms with E-state index in [1.54, 1.807) is 0 Å². The molecule has 0 spiro atoms. The topological polar surface area (TPSA) is 3.24 Å². The fraction of sp³-hybridized carbons (Fsp3) is 0.400. The fourth-order valence-electron chi connectivity index (χ4n) is 1.56. The van der Waals surface area contributed by atoms with Gasteiger partial charge in [-0.25, -0.2) is 0 Å². The van der Waals surface area contributed by atoms with Crippen molar-refractivity contribution in [3.05, 3.63) is 26.2 Å². The first-order chi connectivity index (χ1) is 6.18. The van der Waals surface area contributed by atoms with E-state index >= 15 is 0 Å². The van der Waals surface area contributed by atoms with Crippen LogP contribution in [0.3, 0.4) is 0 Å². The molecule has 1 nitrogen and oxygen atoms in total. The molecule has 2 rings (SSSR count). The lowest BCUT2D eigenvalue weighted by molar-refractivity contribution is 0.481. The van der Waals surface area contributed by atoms with E-state index in [0.717, 1.165) is 0 Å². The minimum Gasteiger partial charge on any atom is -0.369 e. The molecule has 0 aliphatic carbocycles. The molecule has 3 heteroatoms. The zero-order valence-electron chi connectivity index (χ0n) is 7.43. The van der Waals surface area contributed by atoms with Crippen LogP contribution in [0.2, 0.25) is 0 Å². The molecule has 1 saturated heterocycles. The molecule has 1 unspecified atom stereocenters. The van der Waals surface area contributed by atoms with Gasteiger partial charge in [0.2, 0.25) is 0 Å². The van der Waals surface area contributed by atoms with Gasteiger partial charge in [0.25, 0.3) is 0 Å². The Morgan fingerprint density at radius 1 is 1.54 bits per heavy atom. The highest BCUT2D eigenvalue weighted by atomic mass is 127. The van der Waals surface area contributed by atoms with Crippen molar-refractivity contribution in [1.29, 1.82) is 0 Å². The van der Waals surface area contributed by atoms with Crippen molar-refractivity contribution in [2.24, 2.45) is 0 Å². The predicted molar refractivity (Wildman–Crippen MR) is 68.3 cm³/mol. The van der Waals surface area contributed by atoms with E-state index in [9.17, 15) is 0 Å². The Morgan fingerprint density at radius 2 is 2.31 bits per heavy atom. The molecule has 0 bridgehead atoms. The largest absolute Gasteiger partial charge is 0.369 e. The van der Waals surface area contributed by atoms with Gasteiger partial charge in [0.1, 0.15) is 0 Å². The van der Waals surface area contributed by atoms with Crippen LogP contribution >= 0.6 is 38.5 Å². The molecule has 0 N–H and O–H groups in total. The van der Waals surface area contributed by atoms with Crippen molar-refractivity contribution in [3.63, 3.8) is 0 Å². The molecule has 0 amide bonds. The van der Waals surface area contributed by atoms with E-state index < -0.39 is 0 Å². The monoisotopic (exact) mass is 351 g/mol. The van der Waals surface area contributed by atoms with Gasteiger partial charge in [-0.1, -0.05) is 0 Å². The smallest absolute Gasteiger partial charge is 0.0380 e. The first-order valence-electron chi connectivity index (χ1n) is 4.40. The highest BCUT2D eigenvalue weighted by molar-refractivity contribution is 14.1. The second-order valence-electron chi connectivity index (χ2n) is 3.43. The van der Waals surface area contributed by atoms with Gasteiger partial charge in [0.05, 0.1) is 0 Å². The highest BCUT2D eigenvalue weighted by Crippen LogP contribution is 2.30. The Hall–Kier alpha value is 0.230. The SMILES string of the molecule is CC1CCN1c1ccc(I)c(Br)c1. The third-order valence-corrected chi connectivity index (χ3v) is 4.89. The van der Waals surface area contributed by atoms with Crippen LogP contribution in [0, 0.1) is 3.57 Å². The number of benzene rings is 1. The van der Waals surface area contributed by atoms with E-state index in [1.807, 2.05) is 0 Å². The second-order valence-corrected chi connectivity index (χ2v) is 5.45. The molecular formula is C10H11BrIN.